The van der Waals surface area contributed by atoms with Crippen molar-refractivity contribution in [3.05, 3.63) is 96.1 Å². The van der Waals surface area contributed by atoms with Crippen molar-refractivity contribution in [1.82, 2.24) is 58.7 Å². The number of aromatic nitrogens is 12. The Labute approximate surface area is 450 Å². The maximum absolute atomic E-state index is 16.9. The number of nitrogens with zero attached hydrogens (tertiary/aromatic N) is 14. The number of aliphatic hydroxyl groups is 2. The molecule has 11 rings (SSSR count). The molecule has 0 bridgehead atoms. The fourth-order valence-electron chi connectivity index (χ4n) is 10.1. The third-order valence-electron chi connectivity index (χ3n) is 13.8. The first-order valence-corrected chi connectivity index (χ1v) is 25.5. The Morgan fingerprint density at radius 2 is 1.14 bits per heavy atom. The minimum atomic E-state index is -1.91. The molecule has 2 fully saturated rings. The number of nitrogens with two attached hydrogens (primary N) is 1. The number of hydrogen-bond donors (Lipinski definition) is 4. The van der Waals surface area contributed by atoms with Crippen LogP contribution in [-0.2, 0) is 31.0 Å². The topological polar surface area (TPSA) is 244 Å². The predicted molar refractivity (Wildman–Crippen MR) is 286 cm³/mol. The number of anilines is 4. The van der Waals surface area contributed by atoms with E-state index in [1.165, 1.54) is 47.5 Å². The molecule has 2 unspecified atom stereocenters. The maximum Gasteiger partial charge on any atom is 0.226 e. The number of hydrogen-bond acceptors (Lipinski definition) is 18. The van der Waals surface area contributed by atoms with Gasteiger partial charge in [0.2, 0.25) is 11.9 Å². The smallest absolute Gasteiger partial charge is 0.226 e. The summed E-state index contributed by atoms with van der Waals surface area (Å²) in [5.41, 5.74) is 3.86. The van der Waals surface area contributed by atoms with Crippen LogP contribution in [0.3, 0.4) is 0 Å². The Morgan fingerprint density at radius 1 is 0.646 bits per heavy atom. The lowest BCUT2D eigenvalue weighted by molar-refractivity contribution is 0.0571. The van der Waals surface area contributed by atoms with Gasteiger partial charge >= 0.3 is 0 Å². The molecule has 79 heavy (non-hydrogen) atoms. The van der Waals surface area contributed by atoms with E-state index in [9.17, 15) is 19.0 Å². The molecule has 9 aromatic rings. The van der Waals surface area contributed by atoms with Gasteiger partial charge in [-0.05, 0) is 77.6 Å². The summed E-state index contributed by atoms with van der Waals surface area (Å²) >= 11 is 0. The molecule has 0 radical (unpaired) electrons. The first-order chi connectivity index (χ1) is 37.6. The van der Waals surface area contributed by atoms with Crippen LogP contribution in [0, 0.1) is 11.6 Å². The van der Waals surface area contributed by atoms with Crippen molar-refractivity contribution < 1.29 is 46.7 Å². The summed E-state index contributed by atoms with van der Waals surface area (Å²) in [6, 6.07) is 10.5. The lowest BCUT2D eigenvalue weighted by Gasteiger charge is -2.36. The van der Waals surface area contributed by atoms with Gasteiger partial charge in [0.1, 0.15) is 45.7 Å². The molecule has 6 aromatic heterocycles. The average molecular weight is 1100 g/mol. The van der Waals surface area contributed by atoms with Crippen molar-refractivity contribution in [2.24, 2.45) is 0 Å². The molecule has 8 heterocycles. The fraction of sp³-hybridized carbons (Fsp3) is 0.434. The molecular formula is C53H62F4N16O6. The van der Waals surface area contributed by atoms with Crippen LogP contribution in [0.1, 0.15) is 70.6 Å². The molecule has 26 heteroatoms. The average Bonchev–Trinajstić information content (AvgIpc) is 3.93. The number of nitrogen functional groups attached to an aromatic ring is 1. The van der Waals surface area contributed by atoms with Gasteiger partial charge in [-0.1, -0.05) is 0 Å². The molecule has 0 aliphatic carbocycles. The Balaban J connectivity index is 0.000000185. The zero-order chi connectivity index (χ0) is 56.2. The molecule has 418 valence electrons. The lowest BCUT2D eigenvalue weighted by Crippen LogP contribution is -2.44. The van der Waals surface area contributed by atoms with Crippen LogP contribution in [-0.4, -0.2) is 135 Å². The van der Waals surface area contributed by atoms with E-state index in [1.54, 1.807) is 82.1 Å². The Kier molecular flexibility index (Phi) is 14.3. The highest BCUT2D eigenvalue weighted by atomic mass is 19.2. The predicted octanol–water partition coefficient (Wildman–Crippen LogP) is 6.93. The molecule has 2 aliphatic heterocycles. The van der Waals surface area contributed by atoms with E-state index in [-0.39, 0.29) is 78.8 Å². The second kappa shape index (κ2) is 20.8. The van der Waals surface area contributed by atoms with Gasteiger partial charge in [-0.3, -0.25) is 9.36 Å². The normalized spacial score (nSPS) is 18.1. The van der Waals surface area contributed by atoms with Crippen LogP contribution in [0.4, 0.5) is 40.8 Å². The molecule has 3 aromatic carbocycles. The standard InChI is InChI=1S/C31H36F2N8O4.C22H26F2N8O2/c1-30(2,42)17-40-16-21(15-35-40)39-10-6-9-31(33,18-39)28-37-27-23-11-20(32)12-25(45-5)26(23)36-29(41(27)38-28)34-14-19-7-8-22(43-3)13-24(19)44-4;1-21(2,33)11-31-10-14(9-26-31)30-6-4-5-22(24,12-30)19-28-18-15-7-13(23)8-16(34-3)17(15)27-20(25)32(18)29-19/h7-8,11-13,15-16,42H,6,9-10,14,17-18H2,1-5H3,(H,34,36);7-10,33H,4-6,11-12H2,1-3H3,(H2,25,27). The highest BCUT2D eigenvalue weighted by Gasteiger charge is 2.43. The molecule has 2 atom stereocenters. The van der Waals surface area contributed by atoms with Gasteiger partial charge in [-0.25, -0.2) is 37.5 Å². The van der Waals surface area contributed by atoms with Gasteiger partial charge in [0, 0.05) is 55.8 Å². The number of fused-ring (bicyclic) bond motifs is 6. The highest BCUT2D eigenvalue weighted by Crippen LogP contribution is 2.40. The van der Waals surface area contributed by atoms with Gasteiger partial charge in [-0.2, -0.15) is 19.2 Å². The number of halogens is 4. The first kappa shape index (κ1) is 54.1. The molecule has 0 amide bonds. The molecule has 2 aliphatic rings. The number of benzene rings is 3. The molecule has 22 nitrogen and oxygen atoms in total. The Bertz CT molecular complexity index is 3710. The summed E-state index contributed by atoms with van der Waals surface area (Å²) < 4.78 is 89.6. The molecule has 0 spiro atoms. The van der Waals surface area contributed by atoms with Gasteiger partial charge < -0.3 is 50.0 Å². The van der Waals surface area contributed by atoms with Gasteiger partial charge in [0.05, 0.1) is 100 Å². The van der Waals surface area contributed by atoms with E-state index < -0.39 is 34.2 Å². The van der Waals surface area contributed by atoms with Crippen LogP contribution in [0.5, 0.6) is 23.0 Å². The number of methoxy groups -OCH3 is 4. The van der Waals surface area contributed by atoms with Crippen molar-refractivity contribution in [1.29, 1.82) is 0 Å². The summed E-state index contributed by atoms with van der Waals surface area (Å²) in [6.07, 6.45) is 8.43. The van der Waals surface area contributed by atoms with Crippen LogP contribution in [0.15, 0.2) is 67.3 Å². The van der Waals surface area contributed by atoms with Crippen molar-refractivity contribution in [2.45, 2.75) is 95.6 Å². The summed E-state index contributed by atoms with van der Waals surface area (Å²) in [6.45, 7) is 8.96. The van der Waals surface area contributed by atoms with Crippen LogP contribution < -0.4 is 39.8 Å². The number of alkyl halides is 2. The zero-order valence-corrected chi connectivity index (χ0v) is 45.0. The second-order valence-electron chi connectivity index (χ2n) is 21.2. The highest BCUT2D eigenvalue weighted by molar-refractivity contribution is 5.97. The Morgan fingerprint density at radius 3 is 1.63 bits per heavy atom. The van der Waals surface area contributed by atoms with E-state index >= 15 is 8.78 Å². The van der Waals surface area contributed by atoms with E-state index in [1.807, 2.05) is 21.9 Å². The second-order valence-corrected chi connectivity index (χ2v) is 21.2. The van der Waals surface area contributed by atoms with E-state index in [0.29, 0.717) is 72.3 Å². The molecule has 2 saturated heterocycles. The van der Waals surface area contributed by atoms with Crippen LogP contribution in [0.2, 0.25) is 0 Å². The monoisotopic (exact) mass is 1090 g/mol. The summed E-state index contributed by atoms with van der Waals surface area (Å²) in [5, 5.41) is 41.7. The van der Waals surface area contributed by atoms with Crippen LogP contribution in [0.25, 0.3) is 33.1 Å². The zero-order valence-electron chi connectivity index (χ0n) is 45.0. The van der Waals surface area contributed by atoms with Crippen LogP contribution >= 0.6 is 0 Å². The quantitative estimate of drug-likeness (QED) is 0.0761. The fourth-order valence-corrected chi connectivity index (χ4v) is 10.1. The summed E-state index contributed by atoms with van der Waals surface area (Å²) in [4.78, 5) is 21.9. The minimum absolute atomic E-state index is 0.00433. The number of rotatable bonds is 15. The number of ether oxygens (including phenoxy) is 4. The first-order valence-electron chi connectivity index (χ1n) is 25.5. The van der Waals surface area contributed by atoms with Crippen molar-refractivity contribution in [3.8, 4) is 23.0 Å². The van der Waals surface area contributed by atoms with E-state index in [2.05, 4.69) is 40.7 Å². The third kappa shape index (κ3) is 11.1. The third-order valence-corrected chi connectivity index (χ3v) is 13.8. The molecule has 5 N–H and O–H groups in total. The Hall–Kier alpha value is -8.26. The van der Waals surface area contributed by atoms with Crippen molar-refractivity contribution >= 4 is 56.4 Å². The maximum atomic E-state index is 16.9. The lowest BCUT2D eigenvalue weighted by atomic mass is 9.93. The SMILES string of the molecule is COc1cc(F)cc2c1nc(N)n1nc(C3(F)CCCN(c4cnn(CC(C)(C)O)c4)C3)nc21.COc1ccc(CNc2nc3c(OC)cc(F)cc3c3nc(C4(F)CCCN(c5cnn(CC(C)(C)O)c5)C4)nn23)c(OC)c1. The number of piperidine rings is 2. The summed E-state index contributed by atoms with van der Waals surface area (Å²) in [7, 11) is 5.99. The molecule has 0 saturated carbocycles. The van der Waals surface area contributed by atoms with Gasteiger partial charge in [0.15, 0.2) is 34.3 Å². The van der Waals surface area contributed by atoms with E-state index in [4.69, 9.17) is 29.7 Å². The largest absolute Gasteiger partial charge is 0.497 e. The molecular weight excluding hydrogens is 1030 g/mol. The van der Waals surface area contributed by atoms with Gasteiger partial charge in [-0.15, -0.1) is 10.2 Å². The summed E-state index contributed by atoms with van der Waals surface area (Å²) in [5.74, 6) is 0.784. The van der Waals surface area contributed by atoms with E-state index in [0.717, 1.165) is 16.9 Å². The van der Waals surface area contributed by atoms with Crippen molar-refractivity contribution in [2.75, 3.05) is 75.5 Å². The van der Waals surface area contributed by atoms with Crippen molar-refractivity contribution in [3.63, 3.8) is 0 Å². The number of nitrogens with one attached hydrogen (secondary N) is 1. The van der Waals surface area contributed by atoms with Gasteiger partial charge in [0.25, 0.3) is 0 Å². The minimum Gasteiger partial charge on any atom is -0.497 e.